The molecule has 0 amide bonds. The highest BCUT2D eigenvalue weighted by Crippen LogP contribution is 2.35. The molecular weight excluding hydrogens is 218 g/mol. The van der Waals surface area contributed by atoms with Gasteiger partial charge in [0.15, 0.2) is 0 Å². The lowest BCUT2D eigenvalue weighted by atomic mass is 9.85. The minimum Gasteiger partial charge on any atom is -0.424 e. The van der Waals surface area contributed by atoms with Gasteiger partial charge in [-0.2, -0.15) is 0 Å². The van der Waals surface area contributed by atoms with E-state index in [1.165, 1.54) is 6.42 Å². The average molecular weight is 237 g/mol. The van der Waals surface area contributed by atoms with E-state index in [2.05, 4.69) is 16.8 Å². The summed E-state index contributed by atoms with van der Waals surface area (Å²) in [5.41, 5.74) is 0. The van der Waals surface area contributed by atoms with Gasteiger partial charge >= 0.3 is 0 Å². The molecule has 1 aliphatic carbocycles. The SMILES string of the molecule is C=CCN(CCO)Cc1nnc(C2CCC2)o1. The molecule has 1 aromatic rings. The van der Waals surface area contributed by atoms with E-state index >= 15 is 0 Å². The van der Waals surface area contributed by atoms with E-state index in [9.17, 15) is 0 Å². The molecule has 94 valence electrons. The van der Waals surface area contributed by atoms with Crippen molar-refractivity contribution in [1.29, 1.82) is 0 Å². The summed E-state index contributed by atoms with van der Waals surface area (Å²) in [4.78, 5) is 2.02. The fraction of sp³-hybridized carbons (Fsp3) is 0.667. The van der Waals surface area contributed by atoms with Gasteiger partial charge in [-0.3, -0.25) is 4.90 Å². The van der Waals surface area contributed by atoms with Crippen LogP contribution in [0.2, 0.25) is 0 Å². The number of aliphatic hydroxyl groups is 1. The van der Waals surface area contributed by atoms with Gasteiger partial charge in [0.25, 0.3) is 0 Å². The molecule has 1 N–H and O–H groups in total. The summed E-state index contributed by atoms with van der Waals surface area (Å²) in [5.74, 6) is 1.87. The van der Waals surface area contributed by atoms with E-state index < -0.39 is 0 Å². The molecule has 0 aromatic carbocycles. The normalized spacial score (nSPS) is 16.1. The first-order valence-corrected chi connectivity index (χ1v) is 6.10. The summed E-state index contributed by atoms with van der Waals surface area (Å²) in [6, 6.07) is 0. The largest absolute Gasteiger partial charge is 0.424 e. The van der Waals surface area contributed by atoms with Crippen molar-refractivity contribution in [2.24, 2.45) is 0 Å². The molecule has 17 heavy (non-hydrogen) atoms. The van der Waals surface area contributed by atoms with Crippen LogP contribution in [0, 0.1) is 0 Å². The zero-order valence-corrected chi connectivity index (χ0v) is 10.0. The predicted molar refractivity (Wildman–Crippen MR) is 63.4 cm³/mol. The molecule has 1 heterocycles. The Bertz CT molecular complexity index is 360. The van der Waals surface area contributed by atoms with Crippen LogP contribution >= 0.6 is 0 Å². The third kappa shape index (κ3) is 3.14. The standard InChI is InChI=1S/C12H19N3O2/c1-2-6-15(7-8-16)9-11-13-14-12(17-11)10-4-3-5-10/h2,10,16H,1,3-9H2. The van der Waals surface area contributed by atoms with Crippen LogP contribution in [0.25, 0.3) is 0 Å². The molecule has 5 nitrogen and oxygen atoms in total. The Balaban J connectivity index is 1.91. The van der Waals surface area contributed by atoms with Gasteiger partial charge in [0.1, 0.15) is 0 Å². The first-order valence-electron chi connectivity index (χ1n) is 6.10. The van der Waals surface area contributed by atoms with Crippen molar-refractivity contribution in [3.05, 3.63) is 24.4 Å². The van der Waals surface area contributed by atoms with Gasteiger partial charge in [-0.25, -0.2) is 0 Å². The topological polar surface area (TPSA) is 62.4 Å². The van der Waals surface area contributed by atoms with Gasteiger partial charge < -0.3 is 9.52 Å². The zero-order valence-electron chi connectivity index (χ0n) is 10.0. The van der Waals surface area contributed by atoms with E-state index in [1.54, 1.807) is 6.08 Å². The maximum absolute atomic E-state index is 8.94. The van der Waals surface area contributed by atoms with Gasteiger partial charge in [-0.1, -0.05) is 12.5 Å². The number of rotatable bonds is 7. The second-order valence-electron chi connectivity index (χ2n) is 4.41. The van der Waals surface area contributed by atoms with Crippen molar-refractivity contribution in [1.82, 2.24) is 15.1 Å². The fourth-order valence-corrected chi connectivity index (χ4v) is 1.90. The first-order chi connectivity index (χ1) is 8.33. The van der Waals surface area contributed by atoms with Crippen molar-refractivity contribution in [2.75, 3.05) is 19.7 Å². The Labute approximate surface area is 101 Å². The smallest absolute Gasteiger partial charge is 0.230 e. The third-order valence-corrected chi connectivity index (χ3v) is 3.10. The molecule has 1 aromatic heterocycles. The summed E-state index contributed by atoms with van der Waals surface area (Å²) >= 11 is 0. The number of aliphatic hydroxyl groups excluding tert-OH is 1. The average Bonchev–Trinajstić information content (AvgIpc) is 2.64. The molecule has 2 rings (SSSR count). The molecule has 0 radical (unpaired) electrons. The van der Waals surface area contributed by atoms with Crippen LogP contribution < -0.4 is 0 Å². The summed E-state index contributed by atoms with van der Waals surface area (Å²) in [5, 5.41) is 17.1. The second-order valence-corrected chi connectivity index (χ2v) is 4.41. The van der Waals surface area contributed by atoms with Gasteiger partial charge in [0.2, 0.25) is 11.8 Å². The molecule has 1 aliphatic rings. The Morgan fingerprint density at radius 3 is 2.88 bits per heavy atom. The van der Waals surface area contributed by atoms with Crippen molar-refractivity contribution in [3.63, 3.8) is 0 Å². The van der Waals surface area contributed by atoms with Crippen molar-refractivity contribution >= 4 is 0 Å². The number of nitrogens with zero attached hydrogens (tertiary/aromatic N) is 3. The van der Waals surface area contributed by atoms with E-state index in [4.69, 9.17) is 9.52 Å². The van der Waals surface area contributed by atoms with E-state index in [-0.39, 0.29) is 6.61 Å². The van der Waals surface area contributed by atoms with Crippen molar-refractivity contribution < 1.29 is 9.52 Å². The second kappa shape index (κ2) is 5.93. The molecule has 0 saturated heterocycles. The van der Waals surface area contributed by atoms with Crippen LogP contribution in [-0.2, 0) is 6.54 Å². The van der Waals surface area contributed by atoms with Crippen LogP contribution in [0.4, 0.5) is 0 Å². The minimum absolute atomic E-state index is 0.122. The fourth-order valence-electron chi connectivity index (χ4n) is 1.90. The number of hydrogen-bond donors (Lipinski definition) is 1. The molecule has 5 heteroatoms. The number of aromatic nitrogens is 2. The Morgan fingerprint density at radius 1 is 1.47 bits per heavy atom. The summed E-state index contributed by atoms with van der Waals surface area (Å²) in [7, 11) is 0. The highest BCUT2D eigenvalue weighted by molar-refractivity contribution is 4.96. The summed E-state index contributed by atoms with van der Waals surface area (Å²) in [6.45, 7) is 5.69. The van der Waals surface area contributed by atoms with Crippen LogP contribution in [0.5, 0.6) is 0 Å². The Hall–Kier alpha value is -1.20. The van der Waals surface area contributed by atoms with Gasteiger partial charge in [0.05, 0.1) is 13.2 Å². The molecular formula is C12H19N3O2. The Morgan fingerprint density at radius 2 is 2.29 bits per heavy atom. The molecule has 0 bridgehead atoms. The monoisotopic (exact) mass is 237 g/mol. The zero-order chi connectivity index (χ0) is 12.1. The maximum Gasteiger partial charge on any atom is 0.230 e. The predicted octanol–water partition coefficient (Wildman–Crippen LogP) is 1.32. The third-order valence-electron chi connectivity index (χ3n) is 3.10. The minimum atomic E-state index is 0.122. The molecule has 0 aliphatic heterocycles. The molecule has 0 unspecified atom stereocenters. The van der Waals surface area contributed by atoms with Crippen LogP contribution in [0.3, 0.4) is 0 Å². The lowest BCUT2D eigenvalue weighted by Gasteiger charge is -2.21. The summed E-state index contributed by atoms with van der Waals surface area (Å²) < 4.78 is 5.63. The molecule has 0 atom stereocenters. The van der Waals surface area contributed by atoms with Crippen LogP contribution in [0.1, 0.15) is 37.0 Å². The van der Waals surface area contributed by atoms with Crippen LogP contribution in [-0.4, -0.2) is 39.9 Å². The Kier molecular flexibility index (Phi) is 4.28. The quantitative estimate of drug-likeness (QED) is 0.725. The van der Waals surface area contributed by atoms with E-state index in [0.29, 0.717) is 31.4 Å². The molecule has 1 saturated carbocycles. The highest BCUT2D eigenvalue weighted by atomic mass is 16.4. The van der Waals surface area contributed by atoms with Gasteiger partial charge in [-0.05, 0) is 12.8 Å². The first kappa shape index (κ1) is 12.3. The summed E-state index contributed by atoms with van der Waals surface area (Å²) in [6.07, 6.45) is 5.39. The van der Waals surface area contributed by atoms with E-state index in [1.807, 2.05) is 4.90 Å². The van der Waals surface area contributed by atoms with Crippen LogP contribution in [0.15, 0.2) is 17.1 Å². The number of hydrogen-bond acceptors (Lipinski definition) is 5. The van der Waals surface area contributed by atoms with Gasteiger partial charge in [0, 0.05) is 19.0 Å². The highest BCUT2D eigenvalue weighted by Gasteiger charge is 2.25. The lowest BCUT2D eigenvalue weighted by Crippen LogP contribution is -2.26. The molecule has 0 spiro atoms. The van der Waals surface area contributed by atoms with Gasteiger partial charge in [-0.15, -0.1) is 16.8 Å². The molecule has 1 fully saturated rings. The van der Waals surface area contributed by atoms with Crippen molar-refractivity contribution in [3.8, 4) is 0 Å². The van der Waals surface area contributed by atoms with Crippen molar-refractivity contribution in [2.45, 2.75) is 31.7 Å². The maximum atomic E-state index is 8.94. The lowest BCUT2D eigenvalue weighted by molar-refractivity contribution is 0.189. The van der Waals surface area contributed by atoms with E-state index in [0.717, 1.165) is 18.7 Å².